The standard InChI is InChI=1S/C17H21Cl2N3O2/c1-5-14-16(15(9(2)3)20-10(4)23)21-22-17(14)24-13-7-11(18)6-12(19)8-13/h6-9,15H,5H2,1-4H3,(H,20,23)(H,21,22). The predicted molar refractivity (Wildman–Crippen MR) is 95.9 cm³/mol. The third kappa shape index (κ3) is 4.42. The number of hydrogen-bond donors (Lipinski definition) is 2. The van der Waals surface area contributed by atoms with Crippen molar-refractivity contribution in [2.75, 3.05) is 0 Å². The van der Waals surface area contributed by atoms with E-state index in [0.717, 1.165) is 11.3 Å². The number of benzene rings is 1. The lowest BCUT2D eigenvalue weighted by molar-refractivity contribution is -0.120. The first-order valence-corrected chi connectivity index (χ1v) is 8.55. The fraction of sp³-hybridized carbons (Fsp3) is 0.412. The number of H-pyrrole nitrogens is 1. The molecule has 0 aliphatic carbocycles. The van der Waals surface area contributed by atoms with Crippen molar-refractivity contribution in [1.82, 2.24) is 15.5 Å². The molecule has 0 fully saturated rings. The molecule has 130 valence electrons. The van der Waals surface area contributed by atoms with Crippen molar-refractivity contribution in [3.63, 3.8) is 0 Å². The SMILES string of the molecule is CCc1c(Oc2cc(Cl)cc(Cl)c2)n[nH]c1C(NC(C)=O)C(C)C. The zero-order chi connectivity index (χ0) is 17.9. The first kappa shape index (κ1) is 18.6. The Morgan fingerprint density at radius 1 is 1.29 bits per heavy atom. The van der Waals surface area contributed by atoms with Crippen LogP contribution in [0.15, 0.2) is 18.2 Å². The lowest BCUT2D eigenvalue weighted by Crippen LogP contribution is -2.30. The molecule has 0 aliphatic rings. The molecule has 1 amide bonds. The lowest BCUT2D eigenvalue weighted by atomic mass is 9.97. The molecule has 0 saturated carbocycles. The molecule has 0 aliphatic heterocycles. The van der Waals surface area contributed by atoms with Gasteiger partial charge in [-0.3, -0.25) is 9.89 Å². The van der Waals surface area contributed by atoms with Crippen molar-refractivity contribution in [3.05, 3.63) is 39.5 Å². The molecule has 5 nitrogen and oxygen atoms in total. The van der Waals surface area contributed by atoms with Crippen LogP contribution >= 0.6 is 23.2 Å². The molecular formula is C17H21Cl2N3O2. The molecule has 0 bridgehead atoms. The van der Waals surface area contributed by atoms with E-state index in [1.165, 1.54) is 6.92 Å². The van der Waals surface area contributed by atoms with Gasteiger partial charge in [0.1, 0.15) is 5.75 Å². The van der Waals surface area contributed by atoms with Gasteiger partial charge in [-0.15, -0.1) is 5.10 Å². The highest BCUT2D eigenvalue weighted by Gasteiger charge is 2.24. The first-order chi connectivity index (χ1) is 11.3. The number of carbonyl (C=O) groups is 1. The molecule has 1 unspecified atom stereocenters. The molecule has 0 spiro atoms. The summed E-state index contributed by atoms with van der Waals surface area (Å²) in [4.78, 5) is 11.5. The van der Waals surface area contributed by atoms with Gasteiger partial charge in [-0.1, -0.05) is 44.0 Å². The summed E-state index contributed by atoms with van der Waals surface area (Å²) in [6.45, 7) is 7.59. The van der Waals surface area contributed by atoms with Crippen molar-refractivity contribution in [2.45, 2.75) is 40.2 Å². The molecule has 7 heteroatoms. The van der Waals surface area contributed by atoms with Crippen molar-refractivity contribution >= 4 is 29.1 Å². The Labute approximate surface area is 151 Å². The fourth-order valence-corrected chi connectivity index (χ4v) is 3.04. The minimum atomic E-state index is -0.162. The number of hydrogen-bond acceptors (Lipinski definition) is 3. The van der Waals surface area contributed by atoms with E-state index in [1.807, 2.05) is 20.8 Å². The summed E-state index contributed by atoms with van der Waals surface area (Å²) in [5.74, 6) is 1.09. The Morgan fingerprint density at radius 3 is 2.42 bits per heavy atom. The quantitative estimate of drug-likeness (QED) is 0.760. The number of amides is 1. The number of halogens is 2. The maximum absolute atomic E-state index is 11.5. The highest BCUT2D eigenvalue weighted by molar-refractivity contribution is 6.34. The van der Waals surface area contributed by atoms with Crippen LogP contribution in [0.4, 0.5) is 0 Å². The summed E-state index contributed by atoms with van der Waals surface area (Å²) in [5.41, 5.74) is 1.77. The Morgan fingerprint density at radius 2 is 1.92 bits per heavy atom. The summed E-state index contributed by atoms with van der Waals surface area (Å²) in [6, 6.07) is 4.83. The molecular weight excluding hydrogens is 349 g/mol. The molecule has 1 aromatic heterocycles. The number of aromatic amines is 1. The van der Waals surface area contributed by atoms with Crippen LogP contribution in [0.3, 0.4) is 0 Å². The van der Waals surface area contributed by atoms with Crippen LogP contribution in [0.25, 0.3) is 0 Å². The van der Waals surface area contributed by atoms with Gasteiger partial charge in [0, 0.05) is 22.5 Å². The van der Waals surface area contributed by atoms with Crippen molar-refractivity contribution < 1.29 is 9.53 Å². The molecule has 1 atom stereocenters. The van der Waals surface area contributed by atoms with E-state index in [0.29, 0.717) is 28.1 Å². The molecule has 2 rings (SSSR count). The van der Waals surface area contributed by atoms with E-state index >= 15 is 0 Å². The van der Waals surface area contributed by atoms with Crippen molar-refractivity contribution in [3.8, 4) is 11.6 Å². The largest absolute Gasteiger partial charge is 0.437 e. The topological polar surface area (TPSA) is 67.0 Å². The van der Waals surface area contributed by atoms with Gasteiger partial charge in [-0.25, -0.2) is 0 Å². The van der Waals surface area contributed by atoms with Crippen LogP contribution in [0.5, 0.6) is 11.6 Å². The molecule has 1 aromatic carbocycles. The lowest BCUT2D eigenvalue weighted by Gasteiger charge is -2.21. The summed E-state index contributed by atoms with van der Waals surface area (Å²) in [6.07, 6.45) is 0.707. The van der Waals surface area contributed by atoms with E-state index in [2.05, 4.69) is 15.5 Å². The van der Waals surface area contributed by atoms with Gasteiger partial charge >= 0.3 is 0 Å². The Kier molecular flexibility index (Phi) is 6.13. The van der Waals surface area contributed by atoms with Gasteiger partial charge < -0.3 is 10.1 Å². The number of nitrogens with one attached hydrogen (secondary N) is 2. The van der Waals surface area contributed by atoms with Gasteiger partial charge in [0.05, 0.1) is 11.7 Å². The van der Waals surface area contributed by atoms with Gasteiger partial charge in [0.25, 0.3) is 0 Å². The van der Waals surface area contributed by atoms with E-state index < -0.39 is 0 Å². The number of carbonyl (C=O) groups excluding carboxylic acids is 1. The van der Waals surface area contributed by atoms with E-state index in [1.54, 1.807) is 18.2 Å². The molecule has 2 aromatic rings. The summed E-state index contributed by atoms with van der Waals surface area (Å²) in [7, 11) is 0. The number of ether oxygens (including phenoxy) is 1. The Hall–Kier alpha value is -1.72. The van der Waals surface area contributed by atoms with Crippen LogP contribution in [-0.2, 0) is 11.2 Å². The monoisotopic (exact) mass is 369 g/mol. The summed E-state index contributed by atoms with van der Waals surface area (Å²) >= 11 is 12.0. The first-order valence-electron chi connectivity index (χ1n) is 7.80. The Balaban J connectivity index is 2.35. The van der Waals surface area contributed by atoms with Crippen LogP contribution in [0.1, 0.15) is 45.0 Å². The number of aromatic nitrogens is 2. The van der Waals surface area contributed by atoms with E-state index in [4.69, 9.17) is 27.9 Å². The second-order valence-electron chi connectivity index (χ2n) is 5.90. The van der Waals surface area contributed by atoms with Crippen molar-refractivity contribution in [2.24, 2.45) is 5.92 Å². The van der Waals surface area contributed by atoms with Gasteiger partial charge in [0.15, 0.2) is 0 Å². The summed E-state index contributed by atoms with van der Waals surface area (Å²) < 4.78 is 5.85. The van der Waals surface area contributed by atoms with Crippen LogP contribution in [0, 0.1) is 5.92 Å². The average molecular weight is 370 g/mol. The van der Waals surface area contributed by atoms with Crippen LogP contribution < -0.4 is 10.1 Å². The highest BCUT2D eigenvalue weighted by atomic mass is 35.5. The maximum Gasteiger partial charge on any atom is 0.241 e. The van der Waals surface area contributed by atoms with Gasteiger partial charge in [0.2, 0.25) is 11.8 Å². The minimum Gasteiger partial charge on any atom is -0.437 e. The van der Waals surface area contributed by atoms with Gasteiger partial charge in [-0.05, 0) is 30.5 Å². The average Bonchev–Trinajstić information content (AvgIpc) is 2.85. The zero-order valence-electron chi connectivity index (χ0n) is 14.1. The van der Waals surface area contributed by atoms with Gasteiger partial charge in [-0.2, -0.15) is 0 Å². The molecule has 1 heterocycles. The summed E-state index contributed by atoms with van der Waals surface area (Å²) in [5, 5.41) is 11.2. The third-order valence-electron chi connectivity index (χ3n) is 3.60. The van der Waals surface area contributed by atoms with Crippen LogP contribution in [-0.4, -0.2) is 16.1 Å². The second-order valence-corrected chi connectivity index (χ2v) is 6.78. The Bertz CT molecular complexity index is 708. The second kappa shape index (κ2) is 7.90. The number of nitrogens with zero attached hydrogens (tertiary/aromatic N) is 1. The molecule has 0 radical (unpaired) electrons. The predicted octanol–water partition coefficient (Wildman–Crippen LogP) is 4.90. The maximum atomic E-state index is 11.5. The van der Waals surface area contributed by atoms with E-state index in [-0.39, 0.29) is 17.9 Å². The zero-order valence-corrected chi connectivity index (χ0v) is 15.6. The molecule has 0 saturated heterocycles. The highest BCUT2D eigenvalue weighted by Crippen LogP contribution is 2.33. The molecule has 2 N–H and O–H groups in total. The smallest absolute Gasteiger partial charge is 0.241 e. The van der Waals surface area contributed by atoms with Crippen LogP contribution in [0.2, 0.25) is 10.0 Å². The third-order valence-corrected chi connectivity index (χ3v) is 4.04. The normalized spacial score (nSPS) is 12.3. The fourth-order valence-electron chi connectivity index (χ4n) is 2.53. The number of rotatable bonds is 6. The minimum absolute atomic E-state index is 0.0885. The van der Waals surface area contributed by atoms with E-state index in [9.17, 15) is 4.79 Å². The molecule has 24 heavy (non-hydrogen) atoms. The van der Waals surface area contributed by atoms with Crippen molar-refractivity contribution in [1.29, 1.82) is 0 Å².